The average molecular weight is 598 g/mol. The zero-order chi connectivity index (χ0) is 30.1. The summed E-state index contributed by atoms with van der Waals surface area (Å²) in [6.45, 7) is 3.26. The Bertz CT molecular complexity index is 1550. The van der Waals surface area contributed by atoms with Gasteiger partial charge in [-0.15, -0.1) is 0 Å². The van der Waals surface area contributed by atoms with E-state index in [2.05, 4.69) is 15.4 Å². The Balaban J connectivity index is 1.35. The number of sulfonamides is 1. The molecule has 2 aliphatic rings. The molecule has 2 aliphatic carbocycles. The molecule has 0 spiro atoms. The van der Waals surface area contributed by atoms with Crippen LogP contribution in [0.1, 0.15) is 57.1 Å². The van der Waals surface area contributed by atoms with Gasteiger partial charge >= 0.3 is 13.1 Å². The molecule has 1 saturated carbocycles. The topological polar surface area (TPSA) is 176 Å². The zero-order valence-corrected chi connectivity index (χ0v) is 24.5. The second-order valence-corrected chi connectivity index (χ2v) is 13.3. The van der Waals surface area contributed by atoms with Gasteiger partial charge in [0.05, 0.1) is 11.8 Å². The molecule has 0 atom stereocenters. The molecule has 1 aromatic carbocycles. The molecule has 3 aromatic rings. The number of anilines is 1. The SMILES string of the molecule is CC(C)(Cn1ccc(S(=O)(=O)NC(=O)Nc2c(-c3ccnc(OC4CCC(O)CC4)c3)ccc3c2CCC3)n1)B(O)O. The van der Waals surface area contributed by atoms with Crippen LogP contribution in [-0.2, 0) is 29.4 Å². The molecule has 0 aliphatic heterocycles. The predicted octanol–water partition coefficient (Wildman–Crippen LogP) is 2.88. The van der Waals surface area contributed by atoms with Gasteiger partial charge in [0.2, 0.25) is 5.88 Å². The first kappa shape index (κ1) is 30.0. The molecule has 2 amide bonds. The fourth-order valence-electron chi connectivity index (χ4n) is 5.41. The van der Waals surface area contributed by atoms with Gasteiger partial charge in [0.15, 0.2) is 5.03 Å². The van der Waals surface area contributed by atoms with Crippen molar-refractivity contribution in [3.05, 3.63) is 53.9 Å². The molecule has 2 heterocycles. The molecule has 5 N–H and O–H groups in total. The first-order chi connectivity index (χ1) is 19.9. The Morgan fingerprint density at radius 1 is 1.14 bits per heavy atom. The summed E-state index contributed by atoms with van der Waals surface area (Å²) < 4.78 is 35.4. The summed E-state index contributed by atoms with van der Waals surface area (Å²) in [5.41, 5.74) is 4.05. The highest BCUT2D eigenvalue weighted by atomic mass is 32.2. The van der Waals surface area contributed by atoms with Crippen LogP contribution in [0.3, 0.4) is 0 Å². The van der Waals surface area contributed by atoms with Crippen LogP contribution in [0.2, 0.25) is 5.31 Å². The molecular weight excluding hydrogens is 561 g/mol. The van der Waals surface area contributed by atoms with Crippen LogP contribution >= 0.6 is 0 Å². The smallest absolute Gasteiger partial charge is 0.459 e. The first-order valence-corrected chi connectivity index (χ1v) is 15.6. The molecule has 0 radical (unpaired) electrons. The number of aryl methyl sites for hydroxylation is 1. The summed E-state index contributed by atoms with van der Waals surface area (Å²) in [5.74, 6) is 0.444. The number of nitrogens with one attached hydrogen (secondary N) is 2. The van der Waals surface area contributed by atoms with Crippen molar-refractivity contribution in [1.82, 2.24) is 19.5 Å². The number of benzene rings is 1. The summed E-state index contributed by atoms with van der Waals surface area (Å²) in [4.78, 5) is 17.5. The van der Waals surface area contributed by atoms with Gasteiger partial charge in [0.1, 0.15) is 6.10 Å². The number of pyridine rings is 1. The minimum absolute atomic E-state index is 0.0343. The molecular formula is C28H36BN5O7S. The van der Waals surface area contributed by atoms with Crippen LogP contribution in [0.4, 0.5) is 10.5 Å². The number of ether oxygens (including phenoxy) is 1. The number of aliphatic hydroxyl groups is 1. The lowest BCUT2D eigenvalue weighted by molar-refractivity contribution is 0.0644. The maximum atomic E-state index is 13.1. The van der Waals surface area contributed by atoms with Gasteiger partial charge in [0.25, 0.3) is 10.0 Å². The van der Waals surface area contributed by atoms with Crippen molar-refractivity contribution in [2.75, 3.05) is 5.32 Å². The van der Waals surface area contributed by atoms with Crippen molar-refractivity contribution in [2.24, 2.45) is 0 Å². The molecule has 0 bridgehead atoms. The van der Waals surface area contributed by atoms with Crippen LogP contribution in [-0.4, -0.2) is 63.7 Å². The maximum Gasteiger partial charge on any atom is 0.459 e. The highest BCUT2D eigenvalue weighted by molar-refractivity contribution is 7.90. The van der Waals surface area contributed by atoms with Gasteiger partial charge in [-0.3, -0.25) is 4.68 Å². The average Bonchev–Trinajstić information content (AvgIpc) is 3.60. The van der Waals surface area contributed by atoms with E-state index in [4.69, 9.17) is 4.74 Å². The van der Waals surface area contributed by atoms with Crippen molar-refractivity contribution in [1.29, 1.82) is 0 Å². The Morgan fingerprint density at radius 2 is 1.90 bits per heavy atom. The molecule has 1 fully saturated rings. The van der Waals surface area contributed by atoms with Crippen molar-refractivity contribution >= 4 is 28.9 Å². The third kappa shape index (κ3) is 6.78. The van der Waals surface area contributed by atoms with E-state index in [0.717, 1.165) is 48.8 Å². The summed E-state index contributed by atoms with van der Waals surface area (Å²) in [5, 5.41) is 34.3. The number of carbonyl (C=O) groups excluding carboxylic acids is 1. The fourth-order valence-corrected chi connectivity index (χ4v) is 6.26. The first-order valence-electron chi connectivity index (χ1n) is 14.1. The number of aliphatic hydroxyl groups excluding tert-OH is 1. The summed E-state index contributed by atoms with van der Waals surface area (Å²) in [6, 6.07) is 7.86. The third-order valence-electron chi connectivity index (χ3n) is 7.89. The molecule has 0 saturated heterocycles. The number of amides is 2. The van der Waals surface area contributed by atoms with Crippen molar-refractivity contribution < 1.29 is 33.1 Å². The van der Waals surface area contributed by atoms with Crippen LogP contribution in [0.5, 0.6) is 5.88 Å². The van der Waals surface area contributed by atoms with Gasteiger partial charge in [-0.2, -0.15) is 13.5 Å². The summed E-state index contributed by atoms with van der Waals surface area (Å²) in [7, 11) is -5.95. The van der Waals surface area contributed by atoms with E-state index >= 15 is 0 Å². The Labute approximate surface area is 245 Å². The molecule has 14 heteroatoms. The zero-order valence-electron chi connectivity index (χ0n) is 23.7. The van der Waals surface area contributed by atoms with Crippen molar-refractivity contribution in [3.63, 3.8) is 0 Å². The lowest BCUT2D eigenvalue weighted by Crippen LogP contribution is -2.35. The highest BCUT2D eigenvalue weighted by Gasteiger charge is 2.33. The molecule has 42 heavy (non-hydrogen) atoms. The Kier molecular flexibility index (Phi) is 8.60. The second kappa shape index (κ2) is 12.0. The van der Waals surface area contributed by atoms with E-state index in [-0.39, 0.29) is 23.8 Å². The maximum absolute atomic E-state index is 13.1. The second-order valence-electron chi connectivity index (χ2n) is 11.7. The van der Waals surface area contributed by atoms with E-state index < -0.39 is 28.5 Å². The Morgan fingerprint density at radius 3 is 2.64 bits per heavy atom. The van der Waals surface area contributed by atoms with E-state index in [1.165, 1.54) is 16.9 Å². The quantitative estimate of drug-likeness (QED) is 0.232. The normalized spacial score (nSPS) is 18.8. The Hall–Kier alpha value is -3.46. The molecule has 0 unspecified atom stereocenters. The van der Waals surface area contributed by atoms with Crippen LogP contribution in [0.25, 0.3) is 11.1 Å². The minimum Gasteiger partial charge on any atom is -0.474 e. The van der Waals surface area contributed by atoms with E-state index in [1.54, 1.807) is 26.1 Å². The number of rotatable bonds is 9. The number of fused-ring (bicyclic) bond motifs is 1. The van der Waals surface area contributed by atoms with Gasteiger partial charge in [-0.25, -0.2) is 14.5 Å². The molecule has 5 rings (SSSR count). The fraction of sp³-hybridized carbons (Fsp3) is 0.464. The van der Waals surface area contributed by atoms with Gasteiger partial charge in [-0.05, 0) is 73.8 Å². The number of hydrogen-bond donors (Lipinski definition) is 5. The molecule has 224 valence electrons. The highest BCUT2D eigenvalue weighted by Crippen LogP contribution is 2.38. The van der Waals surface area contributed by atoms with Crippen molar-refractivity contribution in [2.45, 2.75) is 87.9 Å². The van der Waals surface area contributed by atoms with E-state index in [9.17, 15) is 28.4 Å². The van der Waals surface area contributed by atoms with E-state index in [0.29, 0.717) is 30.0 Å². The van der Waals surface area contributed by atoms with E-state index in [1.807, 2.05) is 22.9 Å². The minimum atomic E-state index is -4.32. The van der Waals surface area contributed by atoms with Gasteiger partial charge in [-0.1, -0.05) is 26.0 Å². The summed E-state index contributed by atoms with van der Waals surface area (Å²) >= 11 is 0. The standard InChI is InChI=1S/C28H36BN5O7S/c1-28(2,29(37)38)17-34-15-13-25(32-34)42(39,40)33-27(36)31-26-22-5-3-4-18(22)6-11-23(26)19-12-14-30-24(16-19)41-21-9-7-20(35)8-10-21/h6,11-16,20-21,35,37-38H,3-5,7-10,17H2,1-2H3,(H2,31,33,36). The monoisotopic (exact) mass is 597 g/mol. The number of aromatic nitrogens is 3. The number of urea groups is 1. The lowest BCUT2D eigenvalue weighted by atomic mass is 9.60. The largest absolute Gasteiger partial charge is 0.474 e. The van der Waals surface area contributed by atoms with Gasteiger partial charge in [0, 0.05) is 35.9 Å². The number of carbonyl (C=O) groups is 1. The van der Waals surface area contributed by atoms with Crippen LogP contribution < -0.4 is 14.8 Å². The lowest BCUT2D eigenvalue weighted by Gasteiger charge is -2.25. The molecule has 12 nitrogen and oxygen atoms in total. The van der Waals surface area contributed by atoms with Crippen LogP contribution in [0, 0.1) is 0 Å². The number of hydrogen-bond acceptors (Lipinski definition) is 9. The number of nitrogens with zero attached hydrogens (tertiary/aromatic N) is 3. The summed E-state index contributed by atoms with van der Waals surface area (Å²) in [6.07, 6.45) is 8.09. The predicted molar refractivity (Wildman–Crippen MR) is 156 cm³/mol. The molecule has 2 aromatic heterocycles. The van der Waals surface area contributed by atoms with Crippen molar-refractivity contribution in [3.8, 4) is 17.0 Å². The third-order valence-corrected chi connectivity index (χ3v) is 9.11. The van der Waals surface area contributed by atoms with Gasteiger partial charge < -0.3 is 25.2 Å². The van der Waals surface area contributed by atoms with Crippen LogP contribution in [0.15, 0.2) is 47.8 Å².